The SMILES string of the molecule is Cc1ccccc1-c1noc(C2CC2)c1C=C1CC2(CCN(c3ccc4c(c3)CCC(C(=O)O)N4C(=O)OC(C)(C)C)CC2)C1. The van der Waals surface area contributed by atoms with Crippen molar-refractivity contribution in [3.05, 3.63) is 70.5 Å². The van der Waals surface area contributed by atoms with Gasteiger partial charge in [-0.15, -0.1) is 0 Å². The molecule has 1 amide bonds. The number of amides is 1. The molecule has 236 valence electrons. The summed E-state index contributed by atoms with van der Waals surface area (Å²) >= 11 is 0. The lowest BCUT2D eigenvalue weighted by atomic mass is 9.60. The summed E-state index contributed by atoms with van der Waals surface area (Å²) in [5.74, 6) is 0.552. The Labute approximate surface area is 265 Å². The summed E-state index contributed by atoms with van der Waals surface area (Å²) < 4.78 is 11.5. The summed E-state index contributed by atoms with van der Waals surface area (Å²) in [7, 11) is 0. The highest BCUT2D eigenvalue weighted by atomic mass is 16.6. The van der Waals surface area contributed by atoms with Crippen LogP contribution in [-0.4, -0.2) is 47.1 Å². The maximum atomic E-state index is 13.1. The molecule has 7 rings (SSSR count). The number of piperidine rings is 1. The first-order valence-corrected chi connectivity index (χ1v) is 16.4. The van der Waals surface area contributed by atoms with Crippen molar-refractivity contribution in [2.24, 2.45) is 5.41 Å². The highest BCUT2D eigenvalue weighted by Crippen LogP contribution is 2.54. The average molecular weight is 610 g/mol. The van der Waals surface area contributed by atoms with E-state index in [0.29, 0.717) is 29.9 Å². The quantitative estimate of drug-likeness (QED) is 0.312. The van der Waals surface area contributed by atoms with Crippen LogP contribution < -0.4 is 9.80 Å². The van der Waals surface area contributed by atoms with Crippen molar-refractivity contribution in [2.45, 2.75) is 96.6 Å². The van der Waals surface area contributed by atoms with Crippen LogP contribution in [0, 0.1) is 12.3 Å². The second-order valence-electron chi connectivity index (χ2n) is 14.6. The summed E-state index contributed by atoms with van der Waals surface area (Å²) in [6, 6.07) is 13.6. The van der Waals surface area contributed by atoms with Gasteiger partial charge < -0.3 is 19.3 Å². The van der Waals surface area contributed by atoms with E-state index < -0.39 is 23.7 Å². The van der Waals surface area contributed by atoms with E-state index in [0.717, 1.165) is 67.0 Å². The molecule has 1 N–H and O–H groups in total. The van der Waals surface area contributed by atoms with Crippen LogP contribution in [0.25, 0.3) is 17.3 Å². The molecule has 3 heterocycles. The molecule has 1 atom stereocenters. The van der Waals surface area contributed by atoms with Gasteiger partial charge in [-0.2, -0.15) is 0 Å². The summed E-state index contributed by atoms with van der Waals surface area (Å²) in [6.45, 7) is 9.48. The number of aliphatic carboxylic acids is 1. The van der Waals surface area contributed by atoms with Crippen LogP contribution in [0.3, 0.4) is 0 Å². The van der Waals surface area contributed by atoms with Gasteiger partial charge in [0.15, 0.2) is 0 Å². The molecule has 2 saturated carbocycles. The Hall–Kier alpha value is -4.07. The second kappa shape index (κ2) is 11.1. The molecule has 4 aliphatic rings. The van der Waals surface area contributed by atoms with Crippen molar-refractivity contribution >= 4 is 29.5 Å². The Kier molecular flexibility index (Phi) is 7.29. The Balaban J connectivity index is 1.04. The first kappa shape index (κ1) is 29.6. The zero-order chi connectivity index (χ0) is 31.5. The number of carboxylic acids is 1. The minimum absolute atomic E-state index is 0.346. The largest absolute Gasteiger partial charge is 0.480 e. The van der Waals surface area contributed by atoms with E-state index in [2.05, 4.69) is 53.4 Å². The Morgan fingerprint density at radius 1 is 1.07 bits per heavy atom. The second-order valence-corrected chi connectivity index (χ2v) is 14.6. The van der Waals surface area contributed by atoms with Crippen LogP contribution >= 0.6 is 0 Å². The van der Waals surface area contributed by atoms with E-state index in [4.69, 9.17) is 9.26 Å². The molecule has 2 aliphatic carbocycles. The van der Waals surface area contributed by atoms with Crippen LogP contribution in [0.2, 0.25) is 0 Å². The zero-order valence-electron chi connectivity index (χ0n) is 26.8. The van der Waals surface area contributed by atoms with Gasteiger partial charge in [0.2, 0.25) is 0 Å². The number of allylic oxidation sites excluding steroid dienone is 1. The lowest BCUT2D eigenvalue weighted by molar-refractivity contribution is -0.138. The van der Waals surface area contributed by atoms with Crippen LogP contribution in [0.1, 0.15) is 94.1 Å². The fourth-order valence-electron chi connectivity index (χ4n) is 7.50. The predicted molar refractivity (Wildman–Crippen MR) is 175 cm³/mol. The van der Waals surface area contributed by atoms with Crippen molar-refractivity contribution in [3.63, 3.8) is 0 Å². The van der Waals surface area contributed by atoms with Gasteiger partial charge in [-0.25, -0.2) is 9.59 Å². The number of carboxylic acid groups (broad SMARTS) is 1. The number of rotatable bonds is 5. The van der Waals surface area contributed by atoms with Crippen LogP contribution in [-0.2, 0) is 16.0 Å². The van der Waals surface area contributed by atoms with Crippen LogP contribution in [0.4, 0.5) is 16.2 Å². The third-order valence-electron chi connectivity index (χ3n) is 10.0. The van der Waals surface area contributed by atoms with E-state index in [-0.39, 0.29) is 0 Å². The van der Waals surface area contributed by atoms with E-state index in [1.54, 1.807) is 20.8 Å². The predicted octanol–water partition coefficient (Wildman–Crippen LogP) is 8.13. The maximum absolute atomic E-state index is 13.1. The van der Waals surface area contributed by atoms with E-state index in [9.17, 15) is 14.7 Å². The lowest BCUT2D eigenvalue weighted by Gasteiger charge is -2.50. The molecule has 1 spiro atoms. The first-order chi connectivity index (χ1) is 21.5. The van der Waals surface area contributed by atoms with E-state index in [1.807, 2.05) is 12.1 Å². The molecule has 2 aromatic carbocycles. The molecule has 1 unspecified atom stereocenters. The number of carbonyl (C=O) groups is 2. The molecule has 0 radical (unpaired) electrons. The lowest BCUT2D eigenvalue weighted by Crippen LogP contribution is -2.50. The van der Waals surface area contributed by atoms with Gasteiger partial charge in [-0.05, 0) is 120 Å². The number of anilines is 2. The fourth-order valence-corrected chi connectivity index (χ4v) is 7.50. The molecule has 45 heavy (non-hydrogen) atoms. The minimum atomic E-state index is -1.01. The molecule has 1 saturated heterocycles. The molecule has 1 aromatic heterocycles. The number of aromatic nitrogens is 1. The normalized spacial score (nSPS) is 20.9. The monoisotopic (exact) mass is 609 g/mol. The number of fused-ring (bicyclic) bond motifs is 1. The van der Waals surface area contributed by atoms with Gasteiger partial charge in [0.25, 0.3) is 0 Å². The summed E-state index contributed by atoms with van der Waals surface area (Å²) in [5, 5.41) is 14.4. The smallest absolute Gasteiger partial charge is 0.415 e. The standard InChI is InChI=1S/C37H43N3O5/c1-23-7-5-6-8-28(23)32-29(33(45-38-32)25-9-10-25)19-24-21-37(22-24)15-17-39(18-16-37)27-12-14-30-26(20-27)11-13-31(34(41)42)40(30)35(43)44-36(2,3)4/h5-8,12,14,19-20,25,31H,9-11,13,15-18,21-22H2,1-4H3,(H,41,42). The summed E-state index contributed by atoms with van der Waals surface area (Å²) in [5.41, 5.74) is 8.43. The van der Waals surface area contributed by atoms with Gasteiger partial charge in [0, 0.05) is 35.8 Å². The Morgan fingerprint density at radius 2 is 1.80 bits per heavy atom. The Bertz CT molecular complexity index is 1660. The van der Waals surface area contributed by atoms with Crippen molar-refractivity contribution in [2.75, 3.05) is 22.9 Å². The number of nitrogens with zero attached hydrogens (tertiary/aromatic N) is 3. The van der Waals surface area contributed by atoms with Crippen LogP contribution in [0.5, 0.6) is 0 Å². The molecule has 0 bridgehead atoms. The highest BCUT2D eigenvalue weighted by molar-refractivity contribution is 5.97. The fraction of sp³-hybridized carbons (Fsp3) is 0.486. The van der Waals surface area contributed by atoms with Crippen molar-refractivity contribution in [1.82, 2.24) is 5.16 Å². The maximum Gasteiger partial charge on any atom is 0.415 e. The van der Waals surface area contributed by atoms with Crippen molar-refractivity contribution in [1.29, 1.82) is 0 Å². The molecule has 8 heteroatoms. The van der Waals surface area contributed by atoms with E-state index >= 15 is 0 Å². The number of ether oxygens (including phenoxy) is 1. The van der Waals surface area contributed by atoms with Gasteiger partial charge >= 0.3 is 12.1 Å². The molecular formula is C37H43N3O5. The number of benzene rings is 2. The molecular weight excluding hydrogens is 566 g/mol. The number of carbonyl (C=O) groups excluding carboxylic acids is 1. The molecule has 3 fully saturated rings. The minimum Gasteiger partial charge on any atom is -0.480 e. The van der Waals surface area contributed by atoms with Gasteiger partial charge in [0.1, 0.15) is 23.1 Å². The topological polar surface area (TPSA) is 96.1 Å². The molecule has 8 nitrogen and oxygen atoms in total. The summed E-state index contributed by atoms with van der Waals surface area (Å²) in [4.78, 5) is 28.9. The van der Waals surface area contributed by atoms with Crippen LogP contribution in [0.15, 0.2) is 52.6 Å². The average Bonchev–Trinajstić information content (AvgIpc) is 3.75. The first-order valence-electron chi connectivity index (χ1n) is 16.4. The summed E-state index contributed by atoms with van der Waals surface area (Å²) in [6.07, 6.45) is 9.62. The molecule has 3 aromatic rings. The zero-order valence-corrected chi connectivity index (χ0v) is 26.8. The number of hydrogen-bond donors (Lipinski definition) is 1. The van der Waals surface area contributed by atoms with Gasteiger partial charge in [-0.3, -0.25) is 4.90 Å². The van der Waals surface area contributed by atoms with E-state index in [1.165, 1.54) is 34.4 Å². The number of aryl methyl sites for hydroxylation is 2. The number of hydrogen-bond acceptors (Lipinski definition) is 6. The van der Waals surface area contributed by atoms with Crippen molar-refractivity contribution < 1.29 is 24.0 Å². The third kappa shape index (κ3) is 5.75. The highest BCUT2D eigenvalue weighted by Gasteiger charge is 2.44. The van der Waals surface area contributed by atoms with Crippen molar-refractivity contribution in [3.8, 4) is 11.3 Å². The van der Waals surface area contributed by atoms with Gasteiger partial charge in [-0.1, -0.05) is 35.0 Å². The third-order valence-corrected chi connectivity index (χ3v) is 10.0. The molecule has 2 aliphatic heterocycles. The Morgan fingerprint density at radius 3 is 2.47 bits per heavy atom. The van der Waals surface area contributed by atoms with Gasteiger partial charge in [0.05, 0.1) is 5.69 Å².